The van der Waals surface area contributed by atoms with Crippen LogP contribution in [0.5, 0.6) is 5.88 Å². The van der Waals surface area contributed by atoms with Gasteiger partial charge < -0.3 is 25.6 Å². The van der Waals surface area contributed by atoms with Crippen molar-refractivity contribution < 1.29 is 27.5 Å². The number of amides is 3. The molecule has 1 aliphatic heterocycles. The standard InChI is InChI=1S/C26H33N9O6S/c1-4-33-10-12-34(13-11-33)42(39,40)19-14-20(25(29-15-19)41-5-2)24(38)30-22-21(23(27)37)31-35(26(22)32(3)17-36)16-18-8-6-7-9-28-18/h6-9,14-15,17H,4-5,10-13,16H2,1-3H3,(H2,27,37)(H,30,38). The molecule has 224 valence electrons. The fraction of sp³-hybridized carbons (Fsp3) is 0.385. The molecule has 3 amide bonds. The lowest BCUT2D eigenvalue weighted by atomic mass is 10.2. The summed E-state index contributed by atoms with van der Waals surface area (Å²) in [7, 11) is -2.56. The van der Waals surface area contributed by atoms with Gasteiger partial charge in [-0.2, -0.15) is 9.40 Å². The molecule has 3 N–H and O–H groups in total. The van der Waals surface area contributed by atoms with E-state index >= 15 is 0 Å². The molecule has 0 aromatic carbocycles. The normalized spacial score (nSPS) is 14.4. The monoisotopic (exact) mass is 599 g/mol. The number of carbonyl (C=O) groups is 3. The van der Waals surface area contributed by atoms with Crippen LogP contribution < -0.4 is 20.7 Å². The predicted octanol–water partition coefficient (Wildman–Crippen LogP) is 0.390. The van der Waals surface area contributed by atoms with Crippen molar-refractivity contribution in [2.24, 2.45) is 5.73 Å². The Hall–Kier alpha value is -4.41. The van der Waals surface area contributed by atoms with Crippen molar-refractivity contribution >= 4 is 39.8 Å². The Bertz CT molecular complexity index is 1550. The van der Waals surface area contributed by atoms with E-state index in [2.05, 4.69) is 25.3 Å². The fourth-order valence-electron chi connectivity index (χ4n) is 4.51. The molecule has 1 saturated heterocycles. The van der Waals surface area contributed by atoms with Gasteiger partial charge in [-0.25, -0.2) is 18.1 Å². The minimum Gasteiger partial charge on any atom is -0.477 e. The number of nitrogens with zero attached hydrogens (tertiary/aromatic N) is 7. The van der Waals surface area contributed by atoms with Crippen LogP contribution in [-0.4, -0.2) is 102 Å². The minimum atomic E-state index is -3.98. The number of hydrogen-bond donors (Lipinski definition) is 2. The van der Waals surface area contributed by atoms with Crippen molar-refractivity contribution in [1.82, 2.24) is 29.0 Å². The van der Waals surface area contributed by atoms with Gasteiger partial charge in [0, 0.05) is 39.4 Å². The van der Waals surface area contributed by atoms with E-state index in [1.54, 1.807) is 31.3 Å². The molecule has 42 heavy (non-hydrogen) atoms. The topological polar surface area (TPSA) is 186 Å². The first kappa shape index (κ1) is 30.5. The van der Waals surface area contributed by atoms with Gasteiger partial charge in [-0.15, -0.1) is 0 Å². The van der Waals surface area contributed by atoms with Crippen LogP contribution in [0.4, 0.5) is 11.5 Å². The Balaban J connectivity index is 1.74. The molecular formula is C26H33N9O6S. The Labute approximate surface area is 243 Å². The number of sulfonamides is 1. The molecule has 16 heteroatoms. The molecule has 0 saturated carbocycles. The third-order valence-electron chi connectivity index (χ3n) is 6.70. The molecule has 3 aromatic heterocycles. The number of nitrogens with two attached hydrogens (primary N) is 1. The van der Waals surface area contributed by atoms with Crippen LogP contribution in [0, 0.1) is 0 Å². The molecule has 0 atom stereocenters. The van der Waals surface area contributed by atoms with E-state index < -0.39 is 21.8 Å². The van der Waals surface area contributed by atoms with Gasteiger partial charge in [0.2, 0.25) is 22.3 Å². The van der Waals surface area contributed by atoms with Crippen LogP contribution in [0.15, 0.2) is 41.6 Å². The fourth-order valence-corrected chi connectivity index (χ4v) is 5.90. The van der Waals surface area contributed by atoms with E-state index in [1.807, 2.05) is 6.92 Å². The average Bonchev–Trinajstić information content (AvgIpc) is 3.35. The lowest BCUT2D eigenvalue weighted by Gasteiger charge is -2.33. The van der Waals surface area contributed by atoms with Gasteiger partial charge in [-0.05, 0) is 31.7 Å². The van der Waals surface area contributed by atoms with Crippen molar-refractivity contribution in [3.63, 3.8) is 0 Å². The number of anilines is 2. The zero-order valence-electron chi connectivity index (χ0n) is 23.6. The number of primary amides is 1. The molecular weight excluding hydrogens is 566 g/mol. The second-order valence-corrected chi connectivity index (χ2v) is 11.3. The first-order chi connectivity index (χ1) is 20.1. The van der Waals surface area contributed by atoms with E-state index in [4.69, 9.17) is 10.5 Å². The van der Waals surface area contributed by atoms with Crippen LogP contribution in [0.1, 0.15) is 40.4 Å². The first-order valence-electron chi connectivity index (χ1n) is 13.3. The Kier molecular flexibility index (Phi) is 9.49. The summed E-state index contributed by atoms with van der Waals surface area (Å²) in [5.74, 6) is -1.87. The number of pyridine rings is 2. The third kappa shape index (κ3) is 6.40. The molecule has 15 nitrogen and oxygen atoms in total. The van der Waals surface area contributed by atoms with Gasteiger partial charge in [0.25, 0.3) is 11.8 Å². The Morgan fingerprint density at radius 3 is 2.50 bits per heavy atom. The number of piperazine rings is 1. The summed E-state index contributed by atoms with van der Waals surface area (Å²) in [6.07, 6.45) is 3.20. The molecule has 0 bridgehead atoms. The molecule has 0 unspecified atom stereocenters. The molecule has 3 aromatic rings. The molecule has 0 spiro atoms. The second-order valence-electron chi connectivity index (χ2n) is 9.36. The molecule has 0 radical (unpaired) electrons. The van der Waals surface area contributed by atoms with E-state index in [9.17, 15) is 22.8 Å². The number of hydrogen-bond acceptors (Lipinski definition) is 10. The SMILES string of the molecule is CCOc1ncc(S(=O)(=O)N2CCN(CC)CC2)cc1C(=O)Nc1c(C(N)=O)nn(Cc2ccccn2)c1N(C)C=O. The summed E-state index contributed by atoms with van der Waals surface area (Å²) in [5.41, 5.74) is 5.50. The maximum Gasteiger partial charge on any atom is 0.271 e. The van der Waals surface area contributed by atoms with Gasteiger partial charge >= 0.3 is 0 Å². The Morgan fingerprint density at radius 2 is 1.90 bits per heavy atom. The van der Waals surface area contributed by atoms with Crippen molar-refractivity contribution in [3.05, 3.63) is 53.6 Å². The average molecular weight is 600 g/mol. The van der Waals surface area contributed by atoms with Gasteiger partial charge in [-0.3, -0.25) is 19.4 Å². The largest absolute Gasteiger partial charge is 0.477 e. The van der Waals surface area contributed by atoms with Crippen LogP contribution in [0.2, 0.25) is 0 Å². The zero-order chi connectivity index (χ0) is 30.4. The van der Waals surface area contributed by atoms with Crippen molar-refractivity contribution in [3.8, 4) is 5.88 Å². The predicted molar refractivity (Wildman–Crippen MR) is 153 cm³/mol. The summed E-state index contributed by atoms with van der Waals surface area (Å²) < 4.78 is 35.1. The maximum atomic E-state index is 13.7. The number of rotatable bonds is 12. The molecule has 0 aliphatic carbocycles. The van der Waals surface area contributed by atoms with Crippen molar-refractivity contribution in [2.75, 3.05) is 56.6 Å². The van der Waals surface area contributed by atoms with Gasteiger partial charge in [-0.1, -0.05) is 13.0 Å². The molecule has 1 aliphatic rings. The summed E-state index contributed by atoms with van der Waals surface area (Å²) in [4.78, 5) is 49.4. The molecule has 1 fully saturated rings. The van der Waals surface area contributed by atoms with Crippen molar-refractivity contribution in [2.45, 2.75) is 25.3 Å². The summed E-state index contributed by atoms with van der Waals surface area (Å²) in [6, 6.07) is 6.40. The molecule has 4 rings (SSSR count). The van der Waals surface area contributed by atoms with Crippen LogP contribution >= 0.6 is 0 Å². The van der Waals surface area contributed by atoms with Crippen LogP contribution in [-0.2, 0) is 21.4 Å². The highest BCUT2D eigenvalue weighted by Gasteiger charge is 2.31. The van der Waals surface area contributed by atoms with Gasteiger partial charge in [0.15, 0.2) is 11.5 Å². The summed E-state index contributed by atoms with van der Waals surface area (Å²) >= 11 is 0. The number of aromatic nitrogens is 4. The zero-order valence-corrected chi connectivity index (χ0v) is 24.4. The maximum absolute atomic E-state index is 13.7. The lowest BCUT2D eigenvalue weighted by molar-refractivity contribution is -0.107. The Morgan fingerprint density at radius 1 is 1.17 bits per heavy atom. The summed E-state index contributed by atoms with van der Waals surface area (Å²) in [5, 5.41) is 6.83. The number of ether oxygens (including phenoxy) is 1. The van der Waals surface area contributed by atoms with E-state index in [1.165, 1.54) is 22.1 Å². The van der Waals surface area contributed by atoms with Crippen molar-refractivity contribution in [1.29, 1.82) is 0 Å². The van der Waals surface area contributed by atoms with Gasteiger partial charge in [0.05, 0.1) is 25.0 Å². The van der Waals surface area contributed by atoms with E-state index in [0.717, 1.165) is 17.6 Å². The number of carbonyl (C=O) groups excluding carboxylic acids is 3. The highest BCUT2D eigenvalue weighted by molar-refractivity contribution is 7.89. The summed E-state index contributed by atoms with van der Waals surface area (Å²) in [6.45, 7) is 6.46. The van der Waals surface area contributed by atoms with Crippen LogP contribution in [0.25, 0.3) is 0 Å². The highest BCUT2D eigenvalue weighted by Crippen LogP contribution is 2.31. The third-order valence-corrected chi connectivity index (χ3v) is 8.56. The molecule has 4 heterocycles. The van der Waals surface area contributed by atoms with Gasteiger partial charge in [0.1, 0.15) is 16.1 Å². The lowest BCUT2D eigenvalue weighted by Crippen LogP contribution is -2.48. The number of likely N-dealkylation sites (N-methyl/N-ethyl adjacent to an activating group) is 1. The quantitative estimate of drug-likeness (QED) is 0.276. The number of nitrogens with one attached hydrogen (secondary N) is 1. The minimum absolute atomic E-state index is 0.0509. The highest BCUT2D eigenvalue weighted by atomic mass is 32.2. The van der Waals surface area contributed by atoms with Crippen LogP contribution in [0.3, 0.4) is 0 Å². The van der Waals surface area contributed by atoms with E-state index in [0.29, 0.717) is 38.3 Å². The van der Waals surface area contributed by atoms with E-state index in [-0.39, 0.29) is 46.7 Å². The second kappa shape index (κ2) is 13.1. The smallest absolute Gasteiger partial charge is 0.271 e. The first-order valence-corrected chi connectivity index (χ1v) is 14.7.